The third-order valence-corrected chi connectivity index (χ3v) is 5.81. The third-order valence-electron chi connectivity index (χ3n) is 5.81. The number of carbonyl (C=O) groups excluding carboxylic acids is 1. The Morgan fingerprint density at radius 3 is 2.52 bits per heavy atom. The zero-order chi connectivity index (χ0) is 22.5. The lowest BCUT2D eigenvalue weighted by atomic mass is 10.2. The maximum Gasteiger partial charge on any atom is 0.239 e. The predicted octanol–water partition coefficient (Wildman–Crippen LogP) is 2.46. The van der Waals surface area contributed by atoms with Crippen molar-refractivity contribution < 1.29 is 13.6 Å². The number of hydrogen-bond donors (Lipinski definition) is 3. The number of para-hydroxylation sites is 1. The van der Waals surface area contributed by atoms with Crippen LogP contribution in [0.25, 0.3) is 0 Å². The quantitative estimate of drug-likeness (QED) is 0.293. The molecule has 2 saturated heterocycles. The van der Waals surface area contributed by atoms with Crippen molar-refractivity contribution in [3.8, 4) is 0 Å². The molecule has 0 radical (unpaired) electrons. The summed E-state index contributed by atoms with van der Waals surface area (Å²) < 4.78 is 28.1. The first-order valence-corrected chi connectivity index (χ1v) is 10.8. The maximum absolute atomic E-state index is 14.1. The second-order valence-corrected chi connectivity index (χ2v) is 8.01. The van der Waals surface area contributed by atoms with Gasteiger partial charge < -0.3 is 25.8 Å². The van der Waals surface area contributed by atoms with Crippen LogP contribution in [-0.4, -0.2) is 57.7 Å². The molecule has 7 nitrogen and oxygen atoms in total. The van der Waals surface area contributed by atoms with Crippen LogP contribution in [0.1, 0.15) is 12.0 Å². The van der Waals surface area contributed by atoms with Crippen LogP contribution in [0.3, 0.4) is 0 Å². The topological polar surface area (TPSA) is 72.0 Å². The van der Waals surface area contributed by atoms with Crippen LogP contribution in [0, 0.1) is 11.6 Å². The van der Waals surface area contributed by atoms with Gasteiger partial charge in [-0.1, -0.05) is 18.2 Å². The van der Waals surface area contributed by atoms with E-state index in [-0.39, 0.29) is 41.6 Å². The van der Waals surface area contributed by atoms with Crippen molar-refractivity contribution in [1.29, 1.82) is 0 Å². The molecule has 33 heavy (non-hydrogen) atoms. The summed E-state index contributed by atoms with van der Waals surface area (Å²) in [7, 11) is 1.70. The number of rotatable bonds is 5. The molecule has 0 aliphatic carbocycles. The lowest BCUT2D eigenvalue weighted by Gasteiger charge is -2.28. The number of benzene rings is 2. The second kappa shape index (κ2) is 11.5. The predicted molar refractivity (Wildman–Crippen MR) is 137 cm³/mol. The van der Waals surface area contributed by atoms with E-state index in [1.54, 1.807) is 11.9 Å². The number of halogens is 3. The Labute approximate surface area is 209 Å². The van der Waals surface area contributed by atoms with Gasteiger partial charge in [-0.25, -0.2) is 8.78 Å². The number of piperazine rings is 1. The molecule has 0 bridgehead atoms. The Balaban J connectivity index is 0.00000306. The van der Waals surface area contributed by atoms with E-state index in [0.717, 1.165) is 24.2 Å². The first-order valence-electron chi connectivity index (χ1n) is 10.8. The molecular formula is C23H29F2IN6O. The highest BCUT2D eigenvalue weighted by atomic mass is 127. The minimum absolute atomic E-state index is 0. The van der Waals surface area contributed by atoms with Gasteiger partial charge in [0.25, 0.3) is 0 Å². The molecule has 0 saturated carbocycles. The summed E-state index contributed by atoms with van der Waals surface area (Å²) in [5, 5.41) is 9.46. The van der Waals surface area contributed by atoms with Crippen molar-refractivity contribution in [3.63, 3.8) is 0 Å². The van der Waals surface area contributed by atoms with Crippen molar-refractivity contribution in [2.45, 2.75) is 19.0 Å². The molecule has 2 aromatic carbocycles. The number of carbonyl (C=O) groups is 1. The zero-order valence-corrected chi connectivity index (χ0v) is 20.8. The summed E-state index contributed by atoms with van der Waals surface area (Å²) in [6, 6.07) is 12.1. The second-order valence-electron chi connectivity index (χ2n) is 8.01. The number of aliphatic imine (C=N–C) groups is 1. The fourth-order valence-corrected chi connectivity index (χ4v) is 4.13. The molecular weight excluding hydrogens is 541 g/mol. The summed E-state index contributed by atoms with van der Waals surface area (Å²) in [6.45, 7) is 3.49. The largest absolute Gasteiger partial charge is 0.365 e. The Bertz CT molecular complexity index is 967. The van der Waals surface area contributed by atoms with Gasteiger partial charge in [0.15, 0.2) is 5.96 Å². The van der Waals surface area contributed by atoms with Gasteiger partial charge in [0.1, 0.15) is 17.3 Å². The van der Waals surface area contributed by atoms with Crippen molar-refractivity contribution in [2.24, 2.45) is 4.99 Å². The summed E-state index contributed by atoms with van der Waals surface area (Å²) in [4.78, 5) is 19.6. The van der Waals surface area contributed by atoms with Crippen LogP contribution >= 0.6 is 24.0 Å². The smallest absolute Gasteiger partial charge is 0.239 e. The van der Waals surface area contributed by atoms with E-state index in [1.807, 2.05) is 24.3 Å². The number of amides is 1. The monoisotopic (exact) mass is 570 g/mol. The normalized spacial score (nSPS) is 18.6. The van der Waals surface area contributed by atoms with E-state index in [4.69, 9.17) is 0 Å². The Morgan fingerprint density at radius 2 is 1.85 bits per heavy atom. The number of nitrogens with one attached hydrogen (secondary N) is 3. The zero-order valence-electron chi connectivity index (χ0n) is 18.5. The maximum atomic E-state index is 14.1. The van der Waals surface area contributed by atoms with Gasteiger partial charge in [0.2, 0.25) is 5.91 Å². The van der Waals surface area contributed by atoms with Gasteiger partial charge in [0, 0.05) is 51.5 Å². The molecule has 3 N–H and O–H groups in total. The SMILES string of the molecule is CN=C(NCc1ccc(N2CCNC(=O)C2)cc1)NC1CCN(c2c(F)cccc2F)C1.I. The summed E-state index contributed by atoms with van der Waals surface area (Å²) in [5.74, 6) is -0.397. The van der Waals surface area contributed by atoms with Gasteiger partial charge in [-0.05, 0) is 36.2 Å². The summed E-state index contributed by atoms with van der Waals surface area (Å²) in [6.07, 6.45) is 0.757. The highest BCUT2D eigenvalue weighted by Gasteiger charge is 2.27. The Kier molecular flexibility index (Phi) is 8.70. The molecule has 2 aliphatic heterocycles. The molecule has 2 aliphatic rings. The average molecular weight is 570 g/mol. The van der Waals surface area contributed by atoms with E-state index >= 15 is 0 Å². The first-order chi connectivity index (χ1) is 15.5. The van der Waals surface area contributed by atoms with E-state index in [0.29, 0.717) is 38.7 Å². The van der Waals surface area contributed by atoms with Crippen molar-refractivity contribution in [3.05, 3.63) is 59.7 Å². The number of hydrogen-bond acceptors (Lipinski definition) is 4. The average Bonchev–Trinajstić information content (AvgIpc) is 3.25. The Morgan fingerprint density at radius 1 is 1.12 bits per heavy atom. The molecule has 1 unspecified atom stereocenters. The Hall–Kier alpha value is -2.63. The molecule has 10 heteroatoms. The highest BCUT2D eigenvalue weighted by molar-refractivity contribution is 14.0. The van der Waals surface area contributed by atoms with Crippen LogP contribution in [0.5, 0.6) is 0 Å². The summed E-state index contributed by atoms with van der Waals surface area (Å²) >= 11 is 0. The lowest BCUT2D eigenvalue weighted by Crippen LogP contribution is -2.47. The van der Waals surface area contributed by atoms with Crippen molar-refractivity contribution >= 4 is 47.2 Å². The molecule has 2 heterocycles. The van der Waals surface area contributed by atoms with E-state index < -0.39 is 11.6 Å². The van der Waals surface area contributed by atoms with Crippen molar-refractivity contribution in [2.75, 3.05) is 49.6 Å². The van der Waals surface area contributed by atoms with Gasteiger partial charge in [-0.2, -0.15) is 0 Å². The van der Waals surface area contributed by atoms with Gasteiger partial charge in [0.05, 0.1) is 6.54 Å². The van der Waals surface area contributed by atoms with Crippen molar-refractivity contribution in [1.82, 2.24) is 16.0 Å². The number of guanidine groups is 1. The van der Waals surface area contributed by atoms with Gasteiger partial charge in [-0.3, -0.25) is 9.79 Å². The van der Waals surface area contributed by atoms with Crippen LogP contribution < -0.4 is 25.8 Å². The molecule has 178 valence electrons. The minimum Gasteiger partial charge on any atom is -0.365 e. The number of nitrogens with zero attached hydrogens (tertiary/aromatic N) is 3. The molecule has 2 aromatic rings. The van der Waals surface area contributed by atoms with Crippen LogP contribution in [0.2, 0.25) is 0 Å². The fraction of sp³-hybridized carbons (Fsp3) is 0.391. The molecule has 0 aromatic heterocycles. The molecule has 1 amide bonds. The lowest BCUT2D eigenvalue weighted by molar-refractivity contribution is -0.120. The molecule has 0 spiro atoms. The molecule has 1 atom stereocenters. The standard InChI is InChI=1S/C23H28F2N6O.HI/c1-26-23(29-17-9-11-31(14-17)22-19(24)3-2-4-20(22)25)28-13-16-5-7-18(8-6-16)30-12-10-27-21(32)15-30;/h2-8,17H,9-15H2,1H3,(H,27,32)(H2,26,28,29);1H. The van der Waals surface area contributed by atoms with E-state index in [2.05, 4.69) is 25.8 Å². The molecule has 2 fully saturated rings. The fourth-order valence-electron chi connectivity index (χ4n) is 4.13. The minimum atomic E-state index is -0.540. The van der Waals surface area contributed by atoms with Gasteiger partial charge in [-0.15, -0.1) is 24.0 Å². The molecule has 4 rings (SSSR count). The highest BCUT2D eigenvalue weighted by Crippen LogP contribution is 2.26. The number of anilines is 2. The van der Waals surface area contributed by atoms with E-state index in [1.165, 1.54) is 18.2 Å². The van der Waals surface area contributed by atoms with Crippen LogP contribution in [-0.2, 0) is 11.3 Å². The van der Waals surface area contributed by atoms with Gasteiger partial charge >= 0.3 is 0 Å². The first kappa shape index (κ1) is 25.0. The van der Waals surface area contributed by atoms with Crippen LogP contribution in [0.15, 0.2) is 47.5 Å². The van der Waals surface area contributed by atoms with E-state index in [9.17, 15) is 13.6 Å². The third kappa shape index (κ3) is 6.24. The summed E-state index contributed by atoms with van der Waals surface area (Å²) in [5.41, 5.74) is 2.14. The van der Waals surface area contributed by atoms with Crippen LogP contribution in [0.4, 0.5) is 20.2 Å².